The first kappa shape index (κ1) is 20.7. The molecule has 4 nitrogen and oxygen atoms in total. The van der Waals surface area contributed by atoms with Crippen molar-refractivity contribution in [1.82, 2.24) is 4.98 Å². The van der Waals surface area contributed by atoms with Gasteiger partial charge in [-0.3, -0.25) is 9.79 Å². The molecule has 0 saturated heterocycles. The lowest BCUT2D eigenvalue weighted by Crippen LogP contribution is -2.25. The Balaban J connectivity index is 3.24. The van der Waals surface area contributed by atoms with Crippen molar-refractivity contribution < 1.29 is 22.7 Å². The van der Waals surface area contributed by atoms with Crippen molar-refractivity contribution in [3.05, 3.63) is 29.1 Å². The largest absolute Gasteiger partial charge is 0.461 e. The van der Waals surface area contributed by atoms with Gasteiger partial charge in [0.2, 0.25) is 0 Å². The summed E-state index contributed by atoms with van der Waals surface area (Å²) in [5, 5.41) is 0.474. The van der Waals surface area contributed by atoms with Crippen LogP contribution in [0.3, 0.4) is 0 Å². The number of halogens is 3. The Labute approximate surface area is 144 Å². The third kappa shape index (κ3) is 6.64. The fourth-order valence-electron chi connectivity index (χ4n) is 1.71. The normalized spacial score (nSPS) is 13.1. The van der Waals surface area contributed by atoms with Gasteiger partial charge in [0.1, 0.15) is 11.7 Å². The van der Waals surface area contributed by atoms with Gasteiger partial charge in [-0.2, -0.15) is 13.2 Å². The first-order valence-electron chi connectivity index (χ1n) is 7.23. The summed E-state index contributed by atoms with van der Waals surface area (Å²) < 4.78 is 44.4. The van der Waals surface area contributed by atoms with Crippen LogP contribution in [0.25, 0.3) is 0 Å². The summed E-state index contributed by atoms with van der Waals surface area (Å²) in [6.07, 6.45) is -2.26. The van der Waals surface area contributed by atoms with Crippen LogP contribution in [0.5, 0.6) is 0 Å². The van der Waals surface area contributed by atoms with Crippen LogP contribution in [0.1, 0.15) is 23.9 Å². The summed E-state index contributed by atoms with van der Waals surface area (Å²) in [4.78, 5) is 19.0. The Bertz CT molecular complexity index is 628. The van der Waals surface area contributed by atoms with Gasteiger partial charge in [0.25, 0.3) is 0 Å². The zero-order chi connectivity index (χ0) is 18.5. The fraction of sp³-hybridized carbons (Fsp3) is 0.533. The molecule has 0 aliphatic rings. The minimum atomic E-state index is -4.63. The monoisotopic (exact) mass is 378 g/mol. The van der Waals surface area contributed by atoms with Gasteiger partial charge in [-0.05, 0) is 12.3 Å². The maximum absolute atomic E-state index is 13.3. The summed E-state index contributed by atoms with van der Waals surface area (Å²) in [6.45, 7) is 7.07. The number of carbonyl (C=O) groups excluding carboxylic acids is 1. The number of ether oxygens (including phenoxy) is 1. The van der Waals surface area contributed by atoms with E-state index >= 15 is 0 Å². The molecule has 24 heavy (non-hydrogen) atoms. The first-order valence-corrected chi connectivity index (χ1v) is 12.2. The topological polar surface area (TPSA) is 51.5 Å². The number of rotatable bonds is 5. The average molecular weight is 378 g/mol. The molecule has 134 valence electrons. The highest BCUT2D eigenvalue weighted by Gasteiger charge is 2.36. The van der Waals surface area contributed by atoms with Crippen LogP contribution in [-0.2, 0) is 22.3 Å². The smallest absolute Gasteiger partial charge is 0.433 e. The van der Waals surface area contributed by atoms with Crippen LogP contribution in [0.15, 0.2) is 17.1 Å². The highest BCUT2D eigenvalue weighted by molar-refractivity contribution is 8.13. The number of thioether (sulfide) groups is 1. The van der Waals surface area contributed by atoms with E-state index in [0.717, 1.165) is 6.92 Å². The lowest BCUT2D eigenvalue weighted by atomic mass is 10.1. The van der Waals surface area contributed by atoms with Gasteiger partial charge >= 0.3 is 12.1 Å². The van der Waals surface area contributed by atoms with E-state index in [1.165, 1.54) is 23.9 Å². The van der Waals surface area contributed by atoms with Gasteiger partial charge in [-0.15, -0.1) is 11.8 Å². The van der Waals surface area contributed by atoms with Crippen LogP contribution < -0.4 is 0 Å². The van der Waals surface area contributed by atoms with Crippen molar-refractivity contribution in [3.8, 4) is 0 Å². The molecule has 0 bridgehead atoms. The van der Waals surface area contributed by atoms with Crippen molar-refractivity contribution in [2.75, 3.05) is 12.4 Å². The maximum atomic E-state index is 13.3. The number of aromatic nitrogens is 1. The maximum Gasteiger partial charge on any atom is 0.433 e. The third-order valence-corrected chi connectivity index (χ3v) is 4.62. The molecule has 0 saturated carbocycles. The molecule has 0 N–H and O–H groups in total. The molecule has 1 aromatic heterocycles. The number of pyridine rings is 1. The summed E-state index contributed by atoms with van der Waals surface area (Å²) in [7, 11) is -1.46. The van der Waals surface area contributed by atoms with Crippen molar-refractivity contribution in [1.29, 1.82) is 0 Å². The van der Waals surface area contributed by atoms with Crippen LogP contribution in [-0.4, -0.2) is 36.5 Å². The molecule has 0 aromatic carbocycles. The van der Waals surface area contributed by atoms with E-state index in [9.17, 15) is 18.0 Å². The van der Waals surface area contributed by atoms with Crippen LogP contribution in [0.2, 0.25) is 19.6 Å². The van der Waals surface area contributed by atoms with Crippen molar-refractivity contribution in [3.63, 3.8) is 0 Å². The van der Waals surface area contributed by atoms with E-state index in [1.807, 2.05) is 0 Å². The lowest BCUT2D eigenvalue weighted by molar-refractivity contribution is -0.147. The molecule has 0 spiro atoms. The molecule has 0 atom stereocenters. The van der Waals surface area contributed by atoms with E-state index in [-0.39, 0.29) is 11.3 Å². The Morgan fingerprint density at radius 3 is 2.42 bits per heavy atom. The summed E-state index contributed by atoms with van der Waals surface area (Å²) >= 11 is 1.26. The van der Waals surface area contributed by atoms with Crippen LogP contribution in [0.4, 0.5) is 13.2 Å². The van der Waals surface area contributed by atoms with E-state index in [0.29, 0.717) is 11.2 Å². The van der Waals surface area contributed by atoms with E-state index in [2.05, 4.69) is 34.4 Å². The highest BCUT2D eigenvalue weighted by Crippen LogP contribution is 2.31. The van der Waals surface area contributed by atoms with Gasteiger partial charge in [-0.1, -0.05) is 25.7 Å². The number of hydrogen-bond donors (Lipinski definition) is 0. The second-order valence-electron chi connectivity index (χ2n) is 6.37. The number of aliphatic imine (C=N–C) groups is 1. The minimum absolute atomic E-state index is 0.174. The standard InChI is InChI=1S/C15H21F3N2O2SSi/c1-10(21)22-8-11-6-7-12(20-13(11)15(16,17)18)14(23-2)19-9-24(3,4)5/h6-7H,8-9H2,1-5H3/b19-14-. The van der Waals surface area contributed by atoms with Gasteiger partial charge in [0, 0.05) is 18.7 Å². The Morgan fingerprint density at radius 1 is 1.33 bits per heavy atom. The van der Waals surface area contributed by atoms with Crippen molar-refractivity contribution >= 4 is 30.8 Å². The number of alkyl halides is 3. The molecule has 0 fully saturated rings. The predicted octanol–water partition coefficient (Wildman–Crippen LogP) is 4.15. The Morgan fingerprint density at radius 2 is 1.96 bits per heavy atom. The third-order valence-electron chi connectivity index (χ3n) is 2.79. The van der Waals surface area contributed by atoms with Gasteiger partial charge in [0.15, 0.2) is 5.69 Å². The van der Waals surface area contributed by atoms with E-state index < -0.39 is 32.5 Å². The number of hydrogen-bond acceptors (Lipinski definition) is 5. The SMILES string of the molecule is CS/C(=N\C[Si](C)(C)C)c1ccc(COC(C)=O)c(C(F)(F)F)n1. The minimum Gasteiger partial charge on any atom is -0.461 e. The quantitative estimate of drug-likeness (QED) is 0.334. The average Bonchev–Trinajstić information content (AvgIpc) is 2.44. The lowest BCUT2D eigenvalue weighted by Gasteiger charge is -2.15. The molecule has 1 rings (SSSR count). The molecular formula is C15H21F3N2O2SSi. The molecule has 0 radical (unpaired) electrons. The summed E-state index contributed by atoms with van der Waals surface area (Å²) in [5.41, 5.74) is -1.04. The number of carbonyl (C=O) groups is 1. The van der Waals surface area contributed by atoms with Gasteiger partial charge in [-0.25, -0.2) is 4.98 Å². The molecular weight excluding hydrogens is 357 g/mol. The second kappa shape index (κ2) is 8.15. The molecule has 0 aliphatic heterocycles. The number of esters is 1. The molecule has 1 heterocycles. The fourth-order valence-corrected chi connectivity index (χ4v) is 2.97. The Hall–Kier alpha value is -1.35. The highest BCUT2D eigenvalue weighted by atomic mass is 32.2. The van der Waals surface area contributed by atoms with Crippen molar-refractivity contribution in [2.24, 2.45) is 4.99 Å². The van der Waals surface area contributed by atoms with Crippen LogP contribution in [0, 0.1) is 0 Å². The number of nitrogens with zero attached hydrogens (tertiary/aromatic N) is 2. The summed E-state index contributed by atoms with van der Waals surface area (Å²) in [6, 6.07) is 2.77. The predicted molar refractivity (Wildman–Crippen MR) is 93.0 cm³/mol. The van der Waals surface area contributed by atoms with Crippen LogP contribution >= 0.6 is 11.8 Å². The molecule has 9 heteroatoms. The molecule has 0 amide bonds. The second-order valence-corrected chi connectivity index (χ2v) is 12.6. The molecule has 0 unspecified atom stereocenters. The zero-order valence-electron chi connectivity index (χ0n) is 14.3. The summed E-state index contributed by atoms with van der Waals surface area (Å²) in [5.74, 6) is -0.645. The van der Waals surface area contributed by atoms with Gasteiger partial charge in [0.05, 0.1) is 13.8 Å². The molecule has 0 aliphatic carbocycles. The first-order chi connectivity index (χ1) is 10.9. The molecule has 1 aromatic rings. The van der Waals surface area contributed by atoms with E-state index in [4.69, 9.17) is 0 Å². The Kier molecular flexibility index (Phi) is 7.03. The van der Waals surface area contributed by atoms with Gasteiger partial charge < -0.3 is 4.74 Å². The zero-order valence-corrected chi connectivity index (χ0v) is 16.1. The van der Waals surface area contributed by atoms with E-state index in [1.54, 1.807) is 6.26 Å². The van der Waals surface area contributed by atoms with Crippen molar-refractivity contribution in [2.45, 2.75) is 39.3 Å².